The number of nitrogens with one attached hydrogen (secondary N) is 2. The number of hydrogen-bond donors (Lipinski definition) is 3. The third-order valence-electron chi connectivity index (χ3n) is 2.83. The van der Waals surface area contributed by atoms with Gasteiger partial charge in [-0.25, -0.2) is 4.98 Å². The van der Waals surface area contributed by atoms with Gasteiger partial charge in [0, 0.05) is 5.56 Å². The van der Waals surface area contributed by atoms with Gasteiger partial charge in [0.25, 0.3) is 0 Å². The van der Waals surface area contributed by atoms with Gasteiger partial charge >= 0.3 is 0 Å². The summed E-state index contributed by atoms with van der Waals surface area (Å²) in [6.07, 6.45) is 3.43. The fraction of sp³-hybridized carbons (Fsp3) is 0. The standard InChI is InChI=1S/C14H12N4S/c15-14(16)12-6-10(9-4-2-1-3-5-9)13(19-12)11-7-17-8-18-11/h1-8H,(H3,15,16)(H,17,18). The van der Waals surface area contributed by atoms with E-state index in [0.717, 1.165) is 26.6 Å². The van der Waals surface area contributed by atoms with E-state index in [1.165, 1.54) is 11.3 Å². The lowest BCUT2D eigenvalue weighted by molar-refractivity contribution is 1.32. The van der Waals surface area contributed by atoms with Crippen LogP contribution in [0.15, 0.2) is 48.9 Å². The Morgan fingerprint density at radius 2 is 2.05 bits per heavy atom. The van der Waals surface area contributed by atoms with Crippen molar-refractivity contribution in [2.45, 2.75) is 0 Å². The van der Waals surface area contributed by atoms with Crippen LogP contribution in [0.3, 0.4) is 0 Å². The largest absolute Gasteiger partial charge is 0.383 e. The third-order valence-corrected chi connectivity index (χ3v) is 4.03. The van der Waals surface area contributed by atoms with Crippen LogP contribution in [-0.4, -0.2) is 15.8 Å². The number of aromatic amines is 1. The number of rotatable bonds is 3. The van der Waals surface area contributed by atoms with Gasteiger partial charge in [-0.3, -0.25) is 5.41 Å². The van der Waals surface area contributed by atoms with Gasteiger partial charge in [0.15, 0.2) is 0 Å². The second kappa shape index (κ2) is 4.70. The topological polar surface area (TPSA) is 78.6 Å². The zero-order valence-electron chi connectivity index (χ0n) is 10.1. The van der Waals surface area contributed by atoms with Crippen molar-refractivity contribution in [3.05, 3.63) is 53.8 Å². The molecule has 0 aliphatic rings. The van der Waals surface area contributed by atoms with Crippen LogP contribution in [0.5, 0.6) is 0 Å². The summed E-state index contributed by atoms with van der Waals surface area (Å²) >= 11 is 1.50. The molecule has 0 fully saturated rings. The Morgan fingerprint density at radius 1 is 1.26 bits per heavy atom. The molecule has 4 nitrogen and oxygen atoms in total. The first-order chi connectivity index (χ1) is 9.25. The molecule has 0 atom stereocenters. The zero-order chi connectivity index (χ0) is 13.2. The zero-order valence-corrected chi connectivity index (χ0v) is 10.9. The summed E-state index contributed by atoms with van der Waals surface area (Å²) in [7, 11) is 0. The van der Waals surface area contributed by atoms with Crippen molar-refractivity contribution in [3.63, 3.8) is 0 Å². The summed E-state index contributed by atoms with van der Waals surface area (Å²) in [5.41, 5.74) is 8.71. The first-order valence-corrected chi connectivity index (χ1v) is 6.60. The molecule has 3 aromatic rings. The second-order valence-electron chi connectivity index (χ2n) is 4.10. The van der Waals surface area contributed by atoms with Crippen LogP contribution in [0.2, 0.25) is 0 Å². The van der Waals surface area contributed by atoms with Crippen LogP contribution in [0, 0.1) is 5.41 Å². The molecule has 4 N–H and O–H groups in total. The maximum Gasteiger partial charge on any atom is 0.133 e. The summed E-state index contributed by atoms with van der Waals surface area (Å²) in [4.78, 5) is 8.97. The molecule has 0 radical (unpaired) electrons. The Bertz CT molecular complexity index is 698. The van der Waals surface area contributed by atoms with Crippen molar-refractivity contribution in [2.24, 2.45) is 5.73 Å². The van der Waals surface area contributed by atoms with Crippen LogP contribution in [-0.2, 0) is 0 Å². The minimum atomic E-state index is 0.0907. The Labute approximate surface area is 114 Å². The predicted octanol–water partition coefficient (Wildman–Crippen LogP) is 3.09. The molecular weight excluding hydrogens is 256 g/mol. The van der Waals surface area contributed by atoms with Gasteiger partial charge in [-0.05, 0) is 11.6 Å². The number of nitrogens with two attached hydrogens (primary N) is 1. The smallest absolute Gasteiger partial charge is 0.133 e. The van der Waals surface area contributed by atoms with E-state index >= 15 is 0 Å². The van der Waals surface area contributed by atoms with E-state index < -0.39 is 0 Å². The molecule has 2 heterocycles. The fourth-order valence-electron chi connectivity index (χ4n) is 1.94. The molecule has 3 rings (SSSR count). The van der Waals surface area contributed by atoms with Gasteiger partial charge in [-0.15, -0.1) is 11.3 Å². The summed E-state index contributed by atoms with van der Waals surface area (Å²) in [5.74, 6) is 0.0907. The summed E-state index contributed by atoms with van der Waals surface area (Å²) < 4.78 is 0. The molecular formula is C14H12N4S. The Hall–Kier alpha value is -2.40. The molecule has 19 heavy (non-hydrogen) atoms. The number of amidine groups is 1. The first kappa shape index (κ1) is 11.7. The molecule has 0 spiro atoms. The van der Waals surface area contributed by atoms with Crippen molar-refractivity contribution in [2.75, 3.05) is 0 Å². The van der Waals surface area contributed by atoms with Gasteiger partial charge in [0.2, 0.25) is 0 Å². The number of imidazole rings is 1. The van der Waals surface area contributed by atoms with E-state index in [4.69, 9.17) is 11.1 Å². The Balaban J connectivity index is 2.20. The Morgan fingerprint density at radius 3 is 2.68 bits per heavy atom. The molecule has 0 saturated heterocycles. The molecule has 0 bridgehead atoms. The Kier molecular flexibility index (Phi) is 2.89. The molecule has 5 heteroatoms. The van der Waals surface area contributed by atoms with E-state index in [-0.39, 0.29) is 5.84 Å². The van der Waals surface area contributed by atoms with Crippen LogP contribution >= 0.6 is 11.3 Å². The normalized spacial score (nSPS) is 10.5. The quantitative estimate of drug-likeness (QED) is 0.504. The van der Waals surface area contributed by atoms with Crippen molar-refractivity contribution < 1.29 is 0 Å². The maximum absolute atomic E-state index is 7.60. The molecule has 0 aliphatic carbocycles. The minimum absolute atomic E-state index is 0.0907. The summed E-state index contributed by atoms with van der Waals surface area (Å²) in [6.45, 7) is 0. The van der Waals surface area contributed by atoms with Crippen molar-refractivity contribution in [1.82, 2.24) is 9.97 Å². The number of hydrogen-bond acceptors (Lipinski definition) is 3. The highest BCUT2D eigenvalue weighted by molar-refractivity contribution is 7.18. The highest BCUT2D eigenvalue weighted by Gasteiger charge is 2.14. The number of benzene rings is 1. The monoisotopic (exact) mass is 268 g/mol. The minimum Gasteiger partial charge on any atom is -0.383 e. The molecule has 0 amide bonds. The first-order valence-electron chi connectivity index (χ1n) is 5.78. The number of thiophene rings is 1. The predicted molar refractivity (Wildman–Crippen MR) is 78.4 cm³/mol. The van der Waals surface area contributed by atoms with Gasteiger partial charge in [0.1, 0.15) is 5.84 Å². The van der Waals surface area contributed by atoms with Crippen LogP contribution in [0.4, 0.5) is 0 Å². The van der Waals surface area contributed by atoms with Crippen molar-refractivity contribution in [3.8, 4) is 21.7 Å². The van der Waals surface area contributed by atoms with Gasteiger partial charge < -0.3 is 10.7 Å². The number of nitrogens with zero attached hydrogens (tertiary/aromatic N) is 1. The molecule has 1 aromatic carbocycles. The second-order valence-corrected chi connectivity index (χ2v) is 5.15. The number of nitrogen functional groups attached to an aromatic ring is 1. The van der Waals surface area contributed by atoms with Crippen LogP contribution < -0.4 is 5.73 Å². The molecule has 0 saturated carbocycles. The van der Waals surface area contributed by atoms with Gasteiger partial charge in [-0.1, -0.05) is 30.3 Å². The lowest BCUT2D eigenvalue weighted by atomic mass is 10.1. The van der Waals surface area contributed by atoms with Gasteiger partial charge in [0.05, 0.1) is 28.0 Å². The van der Waals surface area contributed by atoms with Crippen LogP contribution in [0.1, 0.15) is 4.88 Å². The molecule has 0 unspecified atom stereocenters. The average molecular weight is 268 g/mol. The molecule has 94 valence electrons. The SMILES string of the molecule is N=C(N)c1cc(-c2ccccc2)c(-c2cnc[nH]2)s1. The lowest BCUT2D eigenvalue weighted by Crippen LogP contribution is -2.08. The van der Waals surface area contributed by atoms with E-state index in [1.807, 2.05) is 36.4 Å². The molecule has 2 aromatic heterocycles. The summed E-state index contributed by atoms with van der Waals surface area (Å²) in [6, 6.07) is 12.0. The highest BCUT2D eigenvalue weighted by Crippen LogP contribution is 2.38. The van der Waals surface area contributed by atoms with Crippen molar-refractivity contribution in [1.29, 1.82) is 5.41 Å². The highest BCUT2D eigenvalue weighted by atomic mass is 32.1. The van der Waals surface area contributed by atoms with Gasteiger partial charge in [-0.2, -0.15) is 0 Å². The van der Waals surface area contributed by atoms with Crippen LogP contribution in [0.25, 0.3) is 21.7 Å². The number of H-pyrrole nitrogens is 1. The van der Waals surface area contributed by atoms with E-state index in [0.29, 0.717) is 0 Å². The van der Waals surface area contributed by atoms with E-state index in [2.05, 4.69) is 9.97 Å². The van der Waals surface area contributed by atoms with E-state index in [1.54, 1.807) is 12.5 Å². The van der Waals surface area contributed by atoms with Crippen molar-refractivity contribution >= 4 is 17.2 Å². The van der Waals surface area contributed by atoms with E-state index in [9.17, 15) is 0 Å². The summed E-state index contributed by atoms with van der Waals surface area (Å²) in [5, 5.41) is 7.60. The number of aromatic nitrogens is 2. The fourth-order valence-corrected chi connectivity index (χ4v) is 2.95. The third kappa shape index (κ3) is 2.15. The molecule has 0 aliphatic heterocycles. The lowest BCUT2D eigenvalue weighted by Gasteiger charge is -2.01. The maximum atomic E-state index is 7.60. The average Bonchev–Trinajstić information content (AvgIpc) is 3.08.